The van der Waals surface area contributed by atoms with Gasteiger partial charge in [0.1, 0.15) is 5.75 Å². The lowest BCUT2D eigenvalue weighted by molar-refractivity contribution is 0.415. The van der Waals surface area contributed by atoms with E-state index in [4.69, 9.17) is 4.74 Å². The Labute approximate surface area is 381 Å². The lowest BCUT2D eigenvalue weighted by atomic mass is 9.94. The smallest absolute Gasteiger partial charge is 0.160 e. The number of hydrogen-bond acceptors (Lipinski definition) is 1. The zero-order valence-corrected chi connectivity index (χ0v) is 42.3. The van der Waals surface area contributed by atoms with Crippen LogP contribution in [0.1, 0.15) is 44.9 Å². The third-order valence-corrected chi connectivity index (χ3v) is 20.8. The number of ether oxygens (including phenoxy) is 1. The summed E-state index contributed by atoms with van der Waals surface area (Å²) in [6, 6.07) is 46.1. The van der Waals surface area contributed by atoms with Crippen molar-refractivity contribution in [2.45, 2.75) is 90.8 Å². The van der Waals surface area contributed by atoms with Crippen LogP contribution in [-0.2, 0) is 31.5 Å². The summed E-state index contributed by atoms with van der Waals surface area (Å²) in [4.78, 5) is 0. The molecule has 0 unspecified atom stereocenters. The van der Waals surface area contributed by atoms with E-state index in [0.717, 1.165) is 37.2 Å². The molecule has 12 rings (SSSR count). The molecule has 0 amide bonds. The van der Waals surface area contributed by atoms with Crippen LogP contribution in [0.4, 0.5) is 0 Å². The van der Waals surface area contributed by atoms with E-state index >= 15 is 0 Å². The van der Waals surface area contributed by atoms with Gasteiger partial charge < -0.3 is 17.8 Å². The molecule has 3 aromatic heterocycles. The Morgan fingerprint density at radius 2 is 1.14 bits per heavy atom. The summed E-state index contributed by atoms with van der Waals surface area (Å²) in [6.07, 6.45) is 4.12. The molecule has 0 saturated heterocycles. The molecule has 4 nitrogen and oxygen atoms in total. The fourth-order valence-corrected chi connectivity index (χ4v) is 18.8. The maximum atomic E-state index is 5.84. The molecule has 7 heteroatoms. The van der Waals surface area contributed by atoms with Crippen LogP contribution in [0, 0.1) is 6.92 Å². The summed E-state index contributed by atoms with van der Waals surface area (Å²) in [7, 11) is -3.62. The van der Waals surface area contributed by atoms with Gasteiger partial charge in [-0.3, -0.25) is 0 Å². The van der Waals surface area contributed by atoms with E-state index in [2.05, 4.69) is 188 Å². The van der Waals surface area contributed by atoms with Crippen molar-refractivity contribution in [2.75, 3.05) is 7.11 Å². The van der Waals surface area contributed by atoms with Gasteiger partial charge in [0.05, 0.1) is 15.2 Å². The standard InChI is InChI=1S/C57H59N3OSi3/c1-35-25-45(39-20-21-40-31-52-56(44(40)28-39)47-32-41(61-2)22-24-50(47)59(52)63(6,7)8)57-48(26-35)55-43-18-14-12-16-38(43)30-53(55)60(57)64(9,10)33-36-19-23-49-46(27-36)54-42-17-13-11-15-37(42)29-51(54)58(49)34-62(3,4)5/h11-28,32H,29-31,33-34H2,1-10H3. The molecule has 0 aliphatic heterocycles. The molecule has 6 aromatic carbocycles. The third-order valence-electron chi connectivity index (χ3n) is 14.7. The van der Waals surface area contributed by atoms with Crippen molar-refractivity contribution < 1.29 is 4.74 Å². The highest BCUT2D eigenvalue weighted by molar-refractivity contribution is 6.77. The summed E-state index contributed by atoms with van der Waals surface area (Å²) in [5.74, 6) is 0.922. The highest BCUT2D eigenvalue weighted by atomic mass is 28.3. The first-order chi connectivity index (χ1) is 30.6. The monoisotopic (exact) mass is 885 g/mol. The molecule has 0 spiro atoms. The number of fused-ring (bicyclic) bond motifs is 15. The number of benzene rings is 6. The Balaban J connectivity index is 1.05. The Morgan fingerprint density at radius 3 is 1.83 bits per heavy atom. The van der Waals surface area contributed by atoms with E-state index in [1.807, 2.05) is 0 Å². The lowest BCUT2D eigenvalue weighted by Crippen LogP contribution is -2.40. The molecule has 0 N–H and O–H groups in total. The van der Waals surface area contributed by atoms with Gasteiger partial charge >= 0.3 is 0 Å². The summed E-state index contributed by atoms with van der Waals surface area (Å²) in [5.41, 5.74) is 27.0. The van der Waals surface area contributed by atoms with E-state index in [1.165, 1.54) is 122 Å². The Kier molecular flexibility index (Phi) is 8.55. The molecule has 0 atom stereocenters. The van der Waals surface area contributed by atoms with E-state index in [0.29, 0.717) is 0 Å². The van der Waals surface area contributed by atoms with Gasteiger partial charge in [-0.05, 0) is 112 Å². The van der Waals surface area contributed by atoms with E-state index < -0.39 is 24.5 Å². The van der Waals surface area contributed by atoms with Crippen molar-refractivity contribution in [1.82, 2.24) is 13.0 Å². The Hall–Kier alpha value is -5.61. The molecular formula is C57H59N3OSi3. The van der Waals surface area contributed by atoms with E-state index in [1.54, 1.807) is 7.11 Å². The summed E-state index contributed by atoms with van der Waals surface area (Å²) >= 11 is 0. The minimum absolute atomic E-state index is 0.922. The SMILES string of the molecule is COc1ccc2c(c1)c1c(n2[Si](C)(C)C)Cc2ccc(-c3cc(C)cc4c5c(n([Si](C)(C)Cc6ccc7c(c6)c6c(n7C[Si](C)(C)C)Cc7ccccc7-6)c34)Cc3ccccc3-5)cc2-1. The fraction of sp³-hybridized carbons (Fsp3) is 0.263. The second-order valence-corrected chi connectivity index (χ2v) is 36.8. The zero-order chi connectivity index (χ0) is 44.2. The average molecular weight is 886 g/mol. The van der Waals surface area contributed by atoms with E-state index in [9.17, 15) is 0 Å². The molecule has 320 valence electrons. The molecule has 3 aliphatic rings. The second-order valence-electron chi connectivity index (χ2n) is 22.1. The molecular weight excluding hydrogens is 827 g/mol. The number of aromatic nitrogens is 3. The van der Waals surface area contributed by atoms with Crippen molar-refractivity contribution in [3.05, 3.63) is 160 Å². The molecule has 3 heterocycles. The van der Waals surface area contributed by atoms with Gasteiger partial charge in [-0.25, -0.2) is 0 Å². The summed E-state index contributed by atoms with van der Waals surface area (Å²) < 4.78 is 14.2. The van der Waals surface area contributed by atoms with Crippen LogP contribution < -0.4 is 4.74 Å². The molecule has 0 radical (unpaired) electrons. The average Bonchev–Trinajstić information content (AvgIpc) is 4.07. The van der Waals surface area contributed by atoms with Crippen LogP contribution in [0.2, 0.25) is 52.4 Å². The molecule has 0 fully saturated rings. The second kappa shape index (κ2) is 13.7. The first-order valence-corrected chi connectivity index (χ1v) is 33.7. The zero-order valence-electron chi connectivity index (χ0n) is 39.3. The van der Waals surface area contributed by atoms with E-state index in [-0.39, 0.29) is 0 Å². The van der Waals surface area contributed by atoms with Crippen LogP contribution >= 0.6 is 0 Å². The quantitative estimate of drug-likeness (QED) is 0.140. The van der Waals surface area contributed by atoms with Crippen LogP contribution in [0.5, 0.6) is 5.75 Å². The minimum atomic E-state index is -2.26. The maximum absolute atomic E-state index is 5.84. The van der Waals surface area contributed by atoms with Gasteiger partial charge in [0.25, 0.3) is 0 Å². The van der Waals surface area contributed by atoms with Crippen molar-refractivity contribution in [3.8, 4) is 50.3 Å². The Bertz CT molecular complexity index is 3470. The number of aryl methyl sites for hydroxylation is 1. The van der Waals surface area contributed by atoms with Crippen LogP contribution in [-0.4, -0.2) is 44.7 Å². The predicted octanol–water partition coefficient (Wildman–Crippen LogP) is 14.6. The molecule has 0 bridgehead atoms. The lowest BCUT2D eigenvalue weighted by Gasteiger charge is -2.29. The van der Waals surface area contributed by atoms with Gasteiger partial charge in [0, 0.05) is 97.5 Å². The summed E-state index contributed by atoms with van der Waals surface area (Å²) in [5, 5.41) is 4.17. The highest BCUT2D eigenvalue weighted by Crippen LogP contribution is 2.51. The third kappa shape index (κ3) is 5.89. The molecule has 64 heavy (non-hydrogen) atoms. The fourth-order valence-electron chi connectivity index (χ4n) is 12.4. The molecule has 9 aromatic rings. The first-order valence-electron chi connectivity index (χ1n) is 23.4. The number of methoxy groups -OCH3 is 1. The van der Waals surface area contributed by atoms with Crippen molar-refractivity contribution >= 4 is 57.3 Å². The minimum Gasteiger partial charge on any atom is -0.497 e. The van der Waals surface area contributed by atoms with Crippen LogP contribution in [0.15, 0.2) is 115 Å². The number of nitrogens with zero attached hydrogens (tertiary/aromatic N) is 3. The molecule has 0 saturated carbocycles. The van der Waals surface area contributed by atoms with Gasteiger partial charge in [-0.15, -0.1) is 0 Å². The van der Waals surface area contributed by atoms with Crippen molar-refractivity contribution in [1.29, 1.82) is 0 Å². The largest absolute Gasteiger partial charge is 0.497 e. The number of rotatable bonds is 8. The Morgan fingerprint density at radius 1 is 0.531 bits per heavy atom. The number of hydrogen-bond donors (Lipinski definition) is 0. The van der Waals surface area contributed by atoms with Gasteiger partial charge in [0.15, 0.2) is 16.5 Å². The van der Waals surface area contributed by atoms with Gasteiger partial charge in [-0.2, -0.15) is 0 Å². The van der Waals surface area contributed by atoms with Crippen molar-refractivity contribution in [3.63, 3.8) is 0 Å². The van der Waals surface area contributed by atoms with Gasteiger partial charge in [-0.1, -0.05) is 119 Å². The van der Waals surface area contributed by atoms with Crippen LogP contribution in [0.3, 0.4) is 0 Å². The summed E-state index contributed by atoms with van der Waals surface area (Å²) in [6.45, 7) is 22.5. The normalized spacial score (nSPS) is 14.0. The van der Waals surface area contributed by atoms with Crippen LogP contribution in [0.25, 0.3) is 77.2 Å². The van der Waals surface area contributed by atoms with Gasteiger partial charge in [0.2, 0.25) is 0 Å². The maximum Gasteiger partial charge on any atom is 0.160 e. The first kappa shape index (κ1) is 39.9. The topological polar surface area (TPSA) is 24.0 Å². The predicted molar refractivity (Wildman–Crippen MR) is 279 cm³/mol. The molecule has 3 aliphatic carbocycles. The highest BCUT2D eigenvalue weighted by Gasteiger charge is 2.38. The van der Waals surface area contributed by atoms with Crippen molar-refractivity contribution in [2.24, 2.45) is 0 Å².